The molecule has 0 aromatic heterocycles. The van der Waals surface area contributed by atoms with Gasteiger partial charge in [-0.15, -0.1) is 0 Å². The molecule has 16 heavy (non-hydrogen) atoms. The number of nitrogens with one attached hydrogen (secondary N) is 1. The van der Waals surface area contributed by atoms with E-state index in [1.807, 2.05) is 12.1 Å². The second kappa shape index (κ2) is 4.88. The maximum Gasteiger partial charge on any atom is 0.223 e. The van der Waals surface area contributed by atoms with Crippen molar-refractivity contribution in [2.24, 2.45) is 5.92 Å². The van der Waals surface area contributed by atoms with Crippen LogP contribution in [0.5, 0.6) is 0 Å². The van der Waals surface area contributed by atoms with Crippen molar-refractivity contribution in [3.05, 3.63) is 34.3 Å². The summed E-state index contributed by atoms with van der Waals surface area (Å²) in [5.74, 6) is 0.464. The fraction of sp³-hybridized carbons (Fsp3) is 0.462. The second-order valence-electron chi connectivity index (χ2n) is 4.27. The van der Waals surface area contributed by atoms with Gasteiger partial charge in [-0.1, -0.05) is 30.7 Å². The van der Waals surface area contributed by atoms with Crippen LogP contribution in [0.15, 0.2) is 18.2 Å². The second-order valence-corrected chi connectivity index (χ2v) is 4.68. The zero-order chi connectivity index (χ0) is 11.5. The lowest BCUT2D eigenvalue weighted by Gasteiger charge is -2.07. The smallest absolute Gasteiger partial charge is 0.223 e. The molecule has 0 radical (unpaired) electrons. The number of amides is 1. The van der Waals surface area contributed by atoms with E-state index in [4.69, 9.17) is 11.6 Å². The SMILES string of the molecule is CCc1cc(CNC(=O)C2CC2)ccc1Cl. The molecule has 2 rings (SSSR count). The van der Waals surface area contributed by atoms with E-state index in [0.717, 1.165) is 35.4 Å². The Morgan fingerprint density at radius 2 is 2.25 bits per heavy atom. The molecule has 0 unspecified atom stereocenters. The maximum atomic E-state index is 11.5. The topological polar surface area (TPSA) is 29.1 Å². The van der Waals surface area contributed by atoms with Crippen LogP contribution in [0.25, 0.3) is 0 Å². The Labute approximate surface area is 101 Å². The fourth-order valence-corrected chi connectivity index (χ4v) is 1.94. The van der Waals surface area contributed by atoms with Crippen molar-refractivity contribution in [3.8, 4) is 0 Å². The number of carbonyl (C=O) groups excluding carboxylic acids is 1. The third-order valence-corrected chi connectivity index (χ3v) is 3.27. The van der Waals surface area contributed by atoms with Gasteiger partial charge in [0.15, 0.2) is 0 Å². The summed E-state index contributed by atoms with van der Waals surface area (Å²) < 4.78 is 0. The summed E-state index contributed by atoms with van der Waals surface area (Å²) in [4.78, 5) is 11.5. The van der Waals surface area contributed by atoms with Crippen LogP contribution in [0.3, 0.4) is 0 Å². The number of hydrogen-bond donors (Lipinski definition) is 1. The Hall–Kier alpha value is -1.02. The molecule has 0 saturated heterocycles. The molecule has 2 nitrogen and oxygen atoms in total. The maximum absolute atomic E-state index is 11.5. The molecule has 3 heteroatoms. The molecule has 1 aliphatic carbocycles. The molecule has 0 heterocycles. The van der Waals surface area contributed by atoms with Crippen LogP contribution in [0, 0.1) is 5.92 Å². The molecule has 0 atom stereocenters. The van der Waals surface area contributed by atoms with Crippen LogP contribution in [0.4, 0.5) is 0 Å². The third-order valence-electron chi connectivity index (χ3n) is 2.91. The van der Waals surface area contributed by atoms with Crippen molar-refractivity contribution in [1.82, 2.24) is 5.32 Å². The molecule has 1 N–H and O–H groups in total. The predicted molar refractivity (Wildman–Crippen MR) is 65.4 cm³/mol. The number of halogens is 1. The largest absolute Gasteiger partial charge is 0.352 e. The normalized spacial score (nSPS) is 14.9. The Morgan fingerprint density at radius 3 is 2.88 bits per heavy atom. The van der Waals surface area contributed by atoms with E-state index in [2.05, 4.69) is 18.3 Å². The summed E-state index contributed by atoms with van der Waals surface area (Å²) in [6, 6.07) is 5.93. The summed E-state index contributed by atoms with van der Waals surface area (Å²) >= 11 is 6.03. The van der Waals surface area contributed by atoms with Gasteiger partial charge in [0.05, 0.1) is 0 Å². The van der Waals surface area contributed by atoms with Crippen molar-refractivity contribution in [1.29, 1.82) is 0 Å². The van der Waals surface area contributed by atoms with Crippen molar-refractivity contribution < 1.29 is 4.79 Å². The molecule has 1 aromatic carbocycles. The molecule has 1 fully saturated rings. The number of carbonyl (C=O) groups is 1. The summed E-state index contributed by atoms with van der Waals surface area (Å²) in [7, 11) is 0. The van der Waals surface area contributed by atoms with Crippen LogP contribution in [-0.2, 0) is 17.8 Å². The van der Waals surface area contributed by atoms with Crippen LogP contribution >= 0.6 is 11.6 Å². The van der Waals surface area contributed by atoms with Crippen molar-refractivity contribution >= 4 is 17.5 Å². The van der Waals surface area contributed by atoms with E-state index in [-0.39, 0.29) is 11.8 Å². The quantitative estimate of drug-likeness (QED) is 0.857. The van der Waals surface area contributed by atoms with Crippen molar-refractivity contribution in [3.63, 3.8) is 0 Å². The average Bonchev–Trinajstić information content (AvgIpc) is 3.11. The zero-order valence-electron chi connectivity index (χ0n) is 9.42. The van der Waals surface area contributed by atoms with Gasteiger partial charge < -0.3 is 5.32 Å². The highest BCUT2D eigenvalue weighted by molar-refractivity contribution is 6.31. The lowest BCUT2D eigenvalue weighted by atomic mass is 10.1. The Bertz CT molecular complexity index is 399. The monoisotopic (exact) mass is 237 g/mol. The number of benzene rings is 1. The van der Waals surface area contributed by atoms with Gasteiger partial charge in [0.25, 0.3) is 0 Å². The van der Waals surface area contributed by atoms with Crippen LogP contribution in [0.2, 0.25) is 5.02 Å². The predicted octanol–water partition coefficient (Wildman–Crippen LogP) is 2.93. The molecular formula is C13H16ClNO. The van der Waals surface area contributed by atoms with Crippen LogP contribution in [0.1, 0.15) is 30.9 Å². The molecule has 86 valence electrons. The van der Waals surface area contributed by atoms with Gasteiger partial charge in [0.1, 0.15) is 0 Å². The van der Waals surface area contributed by atoms with Gasteiger partial charge in [-0.2, -0.15) is 0 Å². The summed E-state index contributed by atoms with van der Waals surface area (Å²) in [5, 5.41) is 3.75. The standard InChI is InChI=1S/C13H16ClNO/c1-2-10-7-9(3-6-12(10)14)8-15-13(16)11-4-5-11/h3,6-7,11H,2,4-5,8H2,1H3,(H,15,16). The van der Waals surface area contributed by atoms with Crippen molar-refractivity contribution in [2.75, 3.05) is 0 Å². The Kier molecular flexibility index (Phi) is 3.49. The molecule has 1 aromatic rings. The summed E-state index contributed by atoms with van der Waals surface area (Å²) in [6.07, 6.45) is 3.02. The lowest BCUT2D eigenvalue weighted by molar-refractivity contribution is -0.122. The third kappa shape index (κ3) is 2.76. The first-order chi connectivity index (χ1) is 7.70. The average molecular weight is 238 g/mol. The molecule has 1 saturated carbocycles. The molecular weight excluding hydrogens is 222 g/mol. The van der Waals surface area contributed by atoms with Crippen LogP contribution in [-0.4, -0.2) is 5.91 Å². The van der Waals surface area contributed by atoms with Gasteiger partial charge >= 0.3 is 0 Å². The van der Waals surface area contributed by atoms with E-state index in [1.165, 1.54) is 0 Å². The van der Waals surface area contributed by atoms with Crippen molar-refractivity contribution in [2.45, 2.75) is 32.7 Å². The molecule has 0 spiro atoms. The first-order valence-electron chi connectivity index (χ1n) is 5.75. The zero-order valence-corrected chi connectivity index (χ0v) is 10.2. The van der Waals surface area contributed by atoms with Gasteiger partial charge in [0, 0.05) is 17.5 Å². The minimum atomic E-state index is 0.188. The Balaban J connectivity index is 1.95. The van der Waals surface area contributed by atoms with Gasteiger partial charge in [-0.3, -0.25) is 4.79 Å². The highest BCUT2D eigenvalue weighted by atomic mass is 35.5. The minimum absolute atomic E-state index is 0.188. The lowest BCUT2D eigenvalue weighted by Crippen LogP contribution is -2.24. The number of hydrogen-bond acceptors (Lipinski definition) is 1. The van der Waals surface area contributed by atoms with E-state index >= 15 is 0 Å². The first kappa shape index (κ1) is 11.5. The fourth-order valence-electron chi connectivity index (χ4n) is 1.69. The first-order valence-corrected chi connectivity index (χ1v) is 6.13. The number of rotatable bonds is 4. The highest BCUT2D eigenvalue weighted by Gasteiger charge is 2.29. The van der Waals surface area contributed by atoms with E-state index < -0.39 is 0 Å². The van der Waals surface area contributed by atoms with Crippen LogP contribution < -0.4 is 5.32 Å². The van der Waals surface area contributed by atoms with E-state index in [1.54, 1.807) is 0 Å². The number of aryl methyl sites for hydroxylation is 1. The highest BCUT2D eigenvalue weighted by Crippen LogP contribution is 2.28. The molecule has 0 bridgehead atoms. The molecule has 1 amide bonds. The molecule has 1 aliphatic rings. The van der Waals surface area contributed by atoms with Gasteiger partial charge in [-0.05, 0) is 36.5 Å². The molecule has 0 aliphatic heterocycles. The minimum Gasteiger partial charge on any atom is -0.352 e. The van der Waals surface area contributed by atoms with Gasteiger partial charge in [-0.25, -0.2) is 0 Å². The van der Waals surface area contributed by atoms with E-state index in [9.17, 15) is 4.79 Å². The Morgan fingerprint density at radius 1 is 1.50 bits per heavy atom. The summed E-state index contributed by atoms with van der Waals surface area (Å²) in [6.45, 7) is 2.69. The summed E-state index contributed by atoms with van der Waals surface area (Å²) in [5.41, 5.74) is 2.26. The van der Waals surface area contributed by atoms with E-state index in [0.29, 0.717) is 6.54 Å². The van der Waals surface area contributed by atoms with Gasteiger partial charge in [0.2, 0.25) is 5.91 Å².